The van der Waals surface area contributed by atoms with E-state index in [1.165, 1.54) is 19.2 Å². The monoisotopic (exact) mass is 517 g/mol. The molecule has 1 atom stereocenters. The second-order valence-corrected chi connectivity index (χ2v) is 8.67. The summed E-state index contributed by atoms with van der Waals surface area (Å²) in [6.07, 6.45) is 0.0728. The molecule has 1 fully saturated rings. The second-order valence-electron chi connectivity index (χ2n) is 7.82. The van der Waals surface area contributed by atoms with Crippen LogP contribution in [0.15, 0.2) is 60.7 Å². The first-order valence-electron chi connectivity index (χ1n) is 10.7. The van der Waals surface area contributed by atoms with Crippen LogP contribution in [0.3, 0.4) is 0 Å². The maximum atomic E-state index is 14.2. The van der Waals surface area contributed by atoms with Crippen LogP contribution in [0.1, 0.15) is 12.0 Å². The highest BCUT2D eigenvalue weighted by Crippen LogP contribution is 2.36. The fourth-order valence-corrected chi connectivity index (χ4v) is 4.07. The van der Waals surface area contributed by atoms with Crippen molar-refractivity contribution in [2.45, 2.75) is 13.0 Å². The lowest BCUT2D eigenvalue weighted by Crippen LogP contribution is -2.36. The molecule has 7 nitrogen and oxygen atoms in total. The van der Waals surface area contributed by atoms with Crippen LogP contribution in [0.2, 0.25) is 10.0 Å². The van der Waals surface area contributed by atoms with E-state index in [4.69, 9.17) is 32.7 Å². The summed E-state index contributed by atoms with van der Waals surface area (Å²) < 4.78 is 25.4. The number of halogens is 3. The molecule has 1 aliphatic rings. The predicted octanol–water partition coefficient (Wildman–Crippen LogP) is 5.22. The molecule has 1 saturated heterocycles. The number of hydrogen-bond acceptors (Lipinski definition) is 5. The van der Waals surface area contributed by atoms with Crippen LogP contribution in [0, 0.1) is 11.7 Å². The molecule has 1 aliphatic heterocycles. The van der Waals surface area contributed by atoms with E-state index in [2.05, 4.69) is 10.9 Å². The van der Waals surface area contributed by atoms with Gasteiger partial charge in [0.05, 0.1) is 23.7 Å². The fourth-order valence-electron chi connectivity index (χ4n) is 3.72. The first-order chi connectivity index (χ1) is 16.9. The molecule has 182 valence electrons. The van der Waals surface area contributed by atoms with Gasteiger partial charge in [-0.1, -0.05) is 35.3 Å². The van der Waals surface area contributed by atoms with Crippen LogP contribution in [-0.2, 0) is 16.2 Å². The van der Waals surface area contributed by atoms with Gasteiger partial charge in [-0.3, -0.25) is 20.4 Å². The summed E-state index contributed by atoms with van der Waals surface area (Å²) >= 11 is 12.0. The van der Waals surface area contributed by atoms with Crippen molar-refractivity contribution >= 4 is 46.4 Å². The lowest BCUT2D eigenvalue weighted by Gasteiger charge is -2.19. The first kappa shape index (κ1) is 24.6. The van der Waals surface area contributed by atoms with Gasteiger partial charge in [-0.15, -0.1) is 0 Å². The fraction of sp³-hybridized carbons (Fsp3) is 0.200. The molecule has 4 rings (SSSR count). The molecule has 0 bridgehead atoms. The van der Waals surface area contributed by atoms with Gasteiger partial charge in [-0.05, 0) is 48.5 Å². The Kier molecular flexibility index (Phi) is 7.63. The number of anilines is 2. The summed E-state index contributed by atoms with van der Waals surface area (Å²) in [4.78, 5) is 26.8. The molecule has 2 amide bonds. The van der Waals surface area contributed by atoms with Gasteiger partial charge in [0.2, 0.25) is 11.8 Å². The summed E-state index contributed by atoms with van der Waals surface area (Å²) in [7, 11) is 1.47. The Morgan fingerprint density at radius 2 is 1.86 bits per heavy atom. The van der Waals surface area contributed by atoms with Crippen molar-refractivity contribution in [1.29, 1.82) is 0 Å². The first-order valence-corrected chi connectivity index (χ1v) is 11.5. The highest BCUT2D eigenvalue weighted by molar-refractivity contribution is 6.31. The third-order valence-electron chi connectivity index (χ3n) is 5.58. The topological polar surface area (TPSA) is 79.9 Å². The Bertz CT molecular complexity index is 1220. The number of nitrogens with one attached hydrogen (secondary N) is 2. The van der Waals surface area contributed by atoms with E-state index in [9.17, 15) is 14.0 Å². The number of nitrogens with zero attached hydrogens (tertiary/aromatic N) is 1. The zero-order valence-corrected chi connectivity index (χ0v) is 20.2. The van der Waals surface area contributed by atoms with Crippen molar-refractivity contribution in [1.82, 2.24) is 5.43 Å². The van der Waals surface area contributed by atoms with Crippen LogP contribution in [0.5, 0.6) is 11.5 Å². The number of para-hydroxylation sites is 1. The molecule has 3 aromatic rings. The SMILES string of the molecule is COc1cccc(NNC(=O)[C@@H]2CC(=O)N(c3ccc(Cl)cc3)C2)c1OCc1c(F)cccc1Cl. The van der Waals surface area contributed by atoms with E-state index >= 15 is 0 Å². The number of ether oxygens (including phenoxy) is 2. The molecule has 0 saturated carbocycles. The molecule has 0 radical (unpaired) electrons. The average Bonchev–Trinajstić information content (AvgIpc) is 3.24. The van der Waals surface area contributed by atoms with Gasteiger partial charge in [0, 0.05) is 29.2 Å². The van der Waals surface area contributed by atoms with Gasteiger partial charge in [0.1, 0.15) is 12.4 Å². The van der Waals surface area contributed by atoms with Crippen LogP contribution in [0.25, 0.3) is 0 Å². The van der Waals surface area contributed by atoms with E-state index in [-0.39, 0.29) is 47.7 Å². The molecule has 35 heavy (non-hydrogen) atoms. The van der Waals surface area contributed by atoms with E-state index in [0.29, 0.717) is 22.1 Å². The molecule has 0 spiro atoms. The maximum Gasteiger partial charge on any atom is 0.243 e. The summed E-state index contributed by atoms with van der Waals surface area (Å²) in [5.41, 5.74) is 6.73. The van der Waals surface area contributed by atoms with Crippen molar-refractivity contribution in [2.24, 2.45) is 5.92 Å². The minimum absolute atomic E-state index is 0.0728. The standard InChI is InChI=1S/C25H22Cl2FN3O4/c1-34-22-7-3-6-21(24(22)35-14-18-19(27)4-2-5-20(18)28)29-30-25(33)15-12-23(32)31(13-15)17-10-8-16(26)9-11-17/h2-11,15,29H,12-14H2,1H3,(H,30,33)/t15-/m1/s1. The number of hydrogen-bond donors (Lipinski definition) is 2. The van der Waals surface area contributed by atoms with E-state index in [1.807, 2.05) is 0 Å². The molecule has 10 heteroatoms. The molecule has 0 aliphatic carbocycles. The highest BCUT2D eigenvalue weighted by atomic mass is 35.5. The Hall–Kier alpha value is -3.49. The zero-order valence-electron chi connectivity index (χ0n) is 18.7. The van der Waals surface area contributed by atoms with Gasteiger partial charge in [0.15, 0.2) is 11.5 Å². The van der Waals surface area contributed by atoms with Crippen LogP contribution < -0.4 is 25.2 Å². The van der Waals surface area contributed by atoms with Gasteiger partial charge < -0.3 is 14.4 Å². The molecule has 0 unspecified atom stereocenters. The van der Waals surface area contributed by atoms with Crippen molar-refractivity contribution in [2.75, 3.05) is 24.0 Å². The second kappa shape index (κ2) is 10.8. The molecule has 2 N–H and O–H groups in total. The third kappa shape index (κ3) is 5.61. The lowest BCUT2D eigenvalue weighted by molar-refractivity contribution is -0.125. The number of hydrazine groups is 1. The number of benzene rings is 3. The maximum absolute atomic E-state index is 14.2. The van der Waals surface area contributed by atoms with E-state index < -0.39 is 11.7 Å². The molecular weight excluding hydrogens is 496 g/mol. The summed E-state index contributed by atoms with van der Waals surface area (Å²) in [6.45, 7) is 0.0862. The van der Waals surface area contributed by atoms with Crippen LogP contribution in [-0.4, -0.2) is 25.5 Å². The summed E-state index contributed by atoms with van der Waals surface area (Å²) in [5, 5.41) is 0.798. The highest BCUT2D eigenvalue weighted by Gasteiger charge is 2.35. The van der Waals surface area contributed by atoms with Gasteiger partial charge in [-0.25, -0.2) is 4.39 Å². The Morgan fingerprint density at radius 1 is 1.11 bits per heavy atom. The van der Waals surface area contributed by atoms with Crippen molar-refractivity contribution in [3.05, 3.63) is 82.1 Å². The molecule has 0 aromatic heterocycles. The van der Waals surface area contributed by atoms with Gasteiger partial charge in [0.25, 0.3) is 0 Å². The van der Waals surface area contributed by atoms with Crippen molar-refractivity contribution in [3.63, 3.8) is 0 Å². The smallest absolute Gasteiger partial charge is 0.243 e. The summed E-state index contributed by atoms with van der Waals surface area (Å²) in [5.74, 6) is -0.925. The number of amides is 2. The van der Waals surface area contributed by atoms with Gasteiger partial charge in [-0.2, -0.15) is 0 Å². The number of methoxy groups -OCH3 is 1. The Labute approximate surface area is 211 Å². The molecule has 1 heterocycles. The molecular formula is C25H22Cl2FN3O4. The van der Waals surface area contributed by atoms with Crippen molar-refractivity contribution in [3.8, 4) is 11.5 Å². The number of rotatable bonds is 8. The average molecular weight is 518 g/mol. The number of carbonyl (C=O) groups excluding carboxylic acids is 2. The van der Waals surface area contributed by atoms with Crippen LogP contribution >= 0.6 is 23.2 Å². The third-order valence-corrected chi connectivity index (χ3v) is 6.18. The minimum atomic E-state index is -0.558. The quantitative estimate of drug-likeness (QED) is 0.400. The Balaban J connectivity index is 1.43. The van der Waals surface area contributed by atoms with Crippen molar-refractivity contribution < 1.29 is 23.5 Å². The van der Waals surface area contributed by atoms with E-state index in [0.717, 1.165) is 0 Å². The van der Waals surface area contributed by atoms with E-state index in [1.54, 1.807) is 53.4 Å². The van der Waals surface area contributed by atoms with Gasteiger partial charge >= 0.3 is 0 Å². The zero-order chi connectivity index (χ0) is 24.9. The predicted molar refractivity (Wildman–Crippen MR) is 132 cm³/mol. The summed E-state index contributed by atoms with van der Waals surface area (Å²) in [6, 6.07) is 16.3. The minimum Gasteiger partial charge on any atom is -0.493 e. The van der Waals surface area contributed by atoms with Crippen LogP contribution in [0.4, 0.5) is 15.8 Å². The number of carbonyl (C=O) groups is 2. The largest absolute Gasteiger partial charge is 0.493 e. The molecule has 3 aromatic carbocycles. The Morgan fingerprint density at radius 3 is 2.57 bits per heavy atom. The lowest BCUT2D eigenvalue weighted by atomic mass is 10.1. The normalized spacial score (nSPS) is 15.1.